The van der Waals surface area contributed by atoms with Gasteiger partial charge >= 0.3 is 0 Å². The van der Waals surface area contributed by atoms with Crippen LogP contribution in [0.2, 0.25) is 10.0 Å². The van der Waals surface area contributed by atoms with E-state index in [-0.39, 0.29) is 29.8 Å². The molecule has 1 unspecified atom stereocenters. The number of carbonyl (C=O) groups excluding carboxylic acids is 1. The highest BCUT2D eigenvalue weighted by molar-refractivity contribution is 6.45. The maximum absolute atomic E-state index is 16.8. The molecule has 7 nitrogen and oxygen atoms in total. The molecule has 2 aromatic carbocycles. The Morgan fingerprint density at radius 2 is 1.66 bits per heavy atom. The number of aromatic nitrogens is 1. The van der Waals surface area contributed by atoms with Crippen molar-refractivity contribution in [2.45, 2.75) is 48.4 Å². The first-order valence-electron chi connectivity index (χ1n) is 14.7. The number of pyridine rings is 1. The molecule has 2 heterocycles. The topological polar surface area (TPSA) is 86.1 Å². The van der Waals surface area contributed by atoms with Crippen molar-refractivity contribution in [3.63, 3.8) is 0 Å². The van der Waals surface area contributed by atoms with E-state index in [2.05, 4.69) is 4.98 Å². The van der Waals surface area contributed by atoms with Gasteiger partial charge in [-0.2, -0.15) is 0 Å². The van der Waals surface area contributed by atoms with Crippen LogP contribution in [0.5, 0.6) is 0 Å². The van der Waals surface area contributed by atoms with Crippen LogP contribution in [0, 0.1) is 11.2 Å². The molecule has 2 aliphatic rings. The number of rotatable bonds is 10. The molecule has 1 fully saturated rings. The quantitative estimate of drug-likeness (QED) is 0.321. The van der Waals surface area contributed by atoms with Crippen molar-refractivity contribution in [3.05, 3.63) is 98.5 Å². The van der Waals surface area contributed by atoms with Gasteiger partial charge in [-0.1, -0.05) is 35.3 Å². The molecule has 0 bridgehead atoms. The minimum absolute atomic E-state index is 0.0304. The van der Waals surface area contributed by atoms with Crippen molar-refractivity contribution in [1.82, 2.24) is 14.8 Å². The van der Waals surface area contributed by atoms with Gasteiger partial charge in [0.05, 0.1) is 34.0 Å². The van der Waals surface area contributed by atoms with Crippen molar-refractivity contribution in [2.75, 3.05) is 20.6 Å². The summed E-state index contributed by atoms with van der Waals surface area (Å²) >= 11 is 12.4. The Morgan fingerprint density at radius 1 is 1.05 bits per heavy atom. The van der Waals surface area contributed by atoms with E-state index in [9.17, 15) is 15.0 Å². The number of benzene rings is 2. The maximum Gasteiger partial charge on any atom is 0.257 e. The zero-order chi connectivity index (χ0) is 32.5. The number of nitrogens with zero attached hydrogens (tertiary/aromatic N) is 3. The van der Waals surface area contributed by atoms with Gasteiger partial charge in [0.25, 0.3) is 5.91 Å². The summed E-state index contributed by atoms with van der Waals surface area (Å²) in [6.45, 7) is 1.76. The van der Waals surface area contributed by atoms with Crippen LogP contribution in [0.15, 0.2) is 54.7 Å². The molecule has 0 spiro atoms. The zero-order valence-electron chi connectivity index (χ0n) is 26.2. The standard InChI is InChI=1S/C30H36B4Cl2FN3O4/c1-26(42,16-39(2)3)18-12-22-24(23(37)13-18)28(17-4-6-19(35)7-5-17,44-30(33,34)27(10-11-27)29(31,32)43)40(25(22)41)15-21-9-8-20(36)14-38-21/h4-9,12-14,42-43H,10-11,15-16,31-34H2,1-3H3/t26?,28-/m1/s1. The second-order valence-electron chi connectivity index (χ2n) is 13.7. The first kappa shape index (κ1) is 33.0. The second-order valence-corrected chi connectivity index (χ2v) is 14.5. The zero-order valence-corrected chi connectivity index (χ0v) is 27.7. The van der Waals surface area contributed by atoms with E-state index in [1.165, 1.54) is 17.2 Å². The minimum atomic E-state index is -1.78. The van der Waals surface area contributed by atoms with E-state index in [1.54, 1.807) is 70.0 Å². The second kappa shape index (κ2) is 11.2. The Hall–Kier alpha value is -2.33. The third-order valence-electron chi connectivity index (χ3n) is 9.35. The summed E-state index contributed by atoms with van der Waals surface area (Å²) in [7, 11) is 10.9. The van der Waals surface area contributed by atoms with E-state index in [0.29, 0.717) is 34.1 Å². The van der Waals surface area contributed by atoms with Crippen LogP contribution in [-0.2, 0) is 22.6 Å². The highest BCUT2D eigenvalue weighted by Crippen LogP contribution is 2.61. The first-order chi connectivity index (χ1) is 20.3. The molecule has 1 saturated carbocycles. The van der Waals surface area contributed by atoms with Crippen LogP contribution in [0.1, 0.15) is 52.5 Å². The smallest absolute Gasteiger partial charge is 0.257 e. The summed E-state index contributed by atoms with van der Waals surface area (Å²) in [4.78, 5) is 22.3. The fourth-order valence-electron chi connectivity index (χ4n) is 7.09. The van der Waals surface area contributed by atoms with Gasteiger partial charge < -0.3 is 19.8 Å². The van der Waals surface area contributed by atoms with E-state index in [0.717, 1.165) is 0 Å². The van der Waals surface area contributed by atoms with Gasteiger partial charge in [0.2, 0.25) is 0 Å². The van der Waals surface area contributed by atoms with Crippen molar-refractivity contribution in [3.8, 4) is 0 Å². The third-order valence-corrected chi connectivity index (χ3v) is 9.83. The van der Waals surface area contributed by atoms with Gasteiger partial charge in [-0.15, -0.1) is 0 Å². The predicted molar refractivity (Wildman–Crippen MR) is 180 cm³/mol. The molecule has 14 heteroatoms. The van der Waals surface area contributed by atoms with Gasteiger partial charge in [-0.25, -0.2) is 4.39 Å². The molecule has 0 saturated heterocycles. The molecule has 1 aliphatic carbocycles. The number of amides is 1. The number of halogens is 3. The largest absolute Gasteiger partial charge is 0.407 e. The summed E-state index contributed by atoms with van der Waals surface area (Å²) < 4.78 is 24.0. The summed E-state index contributed by atoms with van der Waals surface area (Å²) in [5.41, 5.74) is -2.53. The molecule has 0 radical (unpaired) electrons. The Morgan fingerprint density at radius 3 is 2.18 bits per heavy atom. The molecule has 228 valence electrons. The number of carbonyl (C=O) groups is 1. The molecule has 1 amide bonds. The van der Waals surface area contributed by atoms with Crippen molar-refractivity contribution in [2.24, 2.45) is 5.41 Å². The number of fused-ring (bicyclic) bond motifs is 1. The van der Waals surface area contributed by atoms with Gasteiger partial charge in [0, 0.05) is 34.1 Å². The average molecular weight is 636 g/mol. The summed E-state index contributed by atoms with van der Waals surface area (Å²) in [6.07, 6.45) is 2.87. The fraction of sp³-hybridized carbons (Fsp3) is 0.400. The van der Waals surface area contributed by atoms with Crippen molar-refractivity contribution >= 4 is 60.5 Å². The lowest BCUT2D eigenvalue weighted by Crippen LogP contribution is -2.62. The Kier molecular flexibility index (Phi) is 8.39. The van der Waals surface area contributed by atoms with Crippen LogP contribution in [0.25, 0.3) is 0 Å². The fourth-order valence-corrected chi connectivity index (χ4v) is 7.33. The van der Waals surface area contributed by atoms with E-state index in [4.69, 9.17) is 27.9 Å². The van der Waals surface area contributed by atoms with Gasteiger partial charge in [0.1, 0.15) is 37.2 Å². The van der Waals surface area contributed by atoms with E-state index < -0.39 is 39.3 Å². The SMILES string of the molecule is BC(B)(O)C1(C(B)(B)O[C@]2(c3ccc(Cl)cc3)c3c(F)cc(C(C)(O)CN(C)C)cc3C(=O)N2Cc2ccc(Cl)cn2)CC1. The number of aliphatic hydroxyl groups is 2. The number of hydrogen-bond acceptors (Lipinski definition) is 6. The minimum Gasteiger partial charge on any atom is -0.407 e. The van der Waals surface area contributed by atoms with Crippen LogP contribution < -0.4 is 0 Å². The highest BCUT2D eigenvalue weighted by Gasteiger charge is 2.66. The van der Waals surface area contributed by atoms with Crippen LogP contribution in [0.4, 0.5) is 4.39 Å². The van der Waals surface area contributed by atoms with E-state index >= 15 is 4.39 Å². The van der Waals surface area contributed by atoms with Gasteiger partial charge in [-0.05, 0) is 81.2 Å². The number of likely N-dealkylation sites (N-methyl/N-ethyl adjacent to an activating group) is 1. The third kappa shape index (κ3) is 5.52. The molecule has 3 aromatic rings. The highest BCUT2D eigenvalue weighted by atomic mass is 35.5. The Bertz CT molecular complexity index is 1580. The first-order valence-corrected chi connectivity index (χ1v) is 15.4. The van der Waals surface area contributed by atoms with Gasteiger partial charge in [0.15, 0.2) is 5.72 Å². The van der Waals surface area contributed by atoms with Crippen LogP contribution in [0.3, 0.4) is 0 Å². The van der Waals surface area contributed by atoms with Crippen LogP contribution in [-0.4, -0.2) is 93.7 Å². The number of hydrogen-bond donors (Lipinski definition) is 2. The van der Waals surface area contributed by atoms with Crippen LogP contribution >= 0.6 is 23.2 Å². The summed E-state index contributed by atoms with van der Waals surface area (Å²) in [5, 5.41) is 21.4. The average Bonchev–Trinajstić information content (AvgIpc) is 3.71. The lowest BCUT2D eigenvalue weighted by molar-refractivity contribution is -0.169. The molecule has 2 N–H and O–H groups in total. The summed E-state index contributed by atoms with van der Waals surface area (Å²) in [5.74, 6) is -1.19. The van der Waals surface area contributed by atoms with Crippen molar-refractivity contribution < 1.29 is 24.1 Å². The molecular weight excluding hydrogens is 599 g/mol. The van der Waals surface area contributed by atoms with E-state index in [1.807, 2.05) is 29.8 Å². The Labute approximate surface area is 271 Å². The molecule has 1 aromatic heterocycles. The molecule has 2 atom stereocenters. The van der Waals surface area contributed by atoms with Crippen molar-refractivity contribution in [1.29, 1.82) is 0 Å². The molecular formula is C30H36B4Cl2FN3O4. The molecule has 5 rings (SSSR count). The van der Waals surface area contributed by atoms with Gasteiger partial charge in [-0.3, -0.25) is 14.7 Å². The predicted octanol–water partition coefficient (Wildman–Crippen LogP) is 0.783. The molecule has 44 heavy (non-hydrogen) atoms. The monoisotopic (exact) mass is 635 g/mol. The maximum atomic E-state index is 16.8. The lowest BCUT2D eigenvalue weighted by Gasteiger charge is -2.51. The Balaban J connectivity index is 1.80. The summed E-state index contributed by atoms with van der Waals surface area (Å²) in [6, 6.07) is 13.0. The normalized spacial score (nSPS) is 20.9. The molecule has 1 aliphatic heterocycles. The number of ether oxygens (including phenoxy) is 1. The lowest BCUT2D eigenvalue weighted by atomic mass is 9.43.